The third-order valence-electron chi connectivity index (χ3n) is 3.67. The van der Waals surface area contributed by atoms with Crippen molar-refractivity contribution in [2.24, 2.45) is 0 Å². The number of benzene rings is 1. The molecule has 0 bridgehead atoms. The van der Waals surface area contributed by atoms with Gasteiger partial charge in [-0.3, -0.25) is 4.79 Å². The Labute approximate surface area is 150 Å². The summed E-state index contributed by atoms with van der Waals surface area (Å²) in [6, 6.07) is 7.85. The predicted molar refractivity (Wildman–Crippen MR) is 93.3 cm³/mol. The van der Waals surface area contributed by atoms with Crippen LogP contribution in [-0.4, -0.2) is 49.8 Å². The number of carbonyl (C=O) groups excluding carboxylic acids is 1. The second kappa shape index (κ2) is 8.70. The number of rotatable bonds is 8. The van der Waals surface area contributed by atoms with E-state index in [1.165, 1.54) is 39.5 Å². The van der Waals surface area contributed by atoms with Gasteiger partial charge in [0.1, 0.15) is 11.4 Å². The van der Waals surface area contributed by atoms with E-state index in [1.807, 2.05) is 6.07 Å². The lowest BCUT2D eigenvalue weighted by Gasteiger charge is -2.15. The normalized spacial score (nSPS) is 10.1. The molecule has 138 valence electrons. The Balaban J connectivity index is 2.07. The molecule has 8 nitrogen and oxygen atoms in total. The Bertz CT molecular complexity index is 806. The van der Waals surface area contributed by atoms with Crippen LogP contribution in [0.1, 0.15) is 26.5 Å². The Morgan fingerprint density at radius 3 is 2.31 bits per heavy atom. The number of methoxy groups -OCH3 is 3. The molecule has 0 saturated heterocycles. The first-order chi connectivity index (χ1) is 12.5. The van der Waals surface area contributed by atoms with Crippen LogP contribution in [0.2, 0.25) is 0 Å². The van der Waals surface area contributed by atoms with Gasteiger partial charge in [0.25, 0.3) is 5.91 Å². The summed E-state index contributed by atoms with van der Waals surface area (Å²) in [4.78, 5) is 26.9. The number of ether oxygens (including phenoxy) is 3. The average molecular weight is 360 g/mol. The summed E-state index contributed by atoms with van der Waals surface area (Å²) in [5.41, 5.74) is 0.695. The highest BCUT2D eigenvalue weighted by Gasteiger charge is 2.16. The highest BCUT2D eigenvalue weighted by atomic mass is 16.5. The molecule has 8 heteroatoms. The molecule has 26 heavy (non-hydrogen) atoms. The Morgan fingerprint density at radius 2 is 1.69 bits per heavy atom. The average Bonchev–Trinajstić information content (AvgIpc) is 2.67. The van der Waals surface area contributed by atoms with Crippen molar-refractivity contribution in [1.29, 1.82) is 0 Å². The topological polar surface area (TPSA) is 107 Å². The second-order valence-corrected chi connectivity index (χ2v) is 5.21. The van der Waals surface area contributed by atoms with E-state index in [2.05, 4.69) is 10.3 Å². The fourth-order valence-corrected chi connectivity index (χ4v) is 2.44. The van der Waals surface area contributed by atoms with Gasteiger partial charge in [-0.05, 0) is 24.6 Å². The lowest BCUT2D eigenvalue weighted by molar-refractivity contribution is 0.0690. The maximum absolute atomic E-state index is 12.1. The zero-order chi connectivity index (χ0) is 19.1. The smallest absolute Gasteiger partial charge is 0.354 e. The standard InChI is InChI=1S/C18H20N2O6/c1-24-14-8-7-11(15(25-2)16(14)26-3)9-10-19-17(21)12-5-4-6-13(20-12)18(22)23/h4-8H,9-10H2,1-3H3,(H,19,21)(H,22,23). The van der Waals surface area contributed by atoms with Gasteiger partial charge >= 0.3 is 5.97 Å². The third kappa shape index (κ3) is 4.21. The van der Waals surface area contributed by atoms with Crippen LogP contribution in [-0.2, 0) is 6.42 Å². The lowest BCUT2D eigenvalue weighted by atomic mass is 10.1. The number of aromatic carboxylic acids is 1. The van der Waals surface area contributed by atoms with Gasteiger partial charge in [0.05, 0.1) is 21.3 Å². The molecule has 0 aliphatic rings. The van der Waals surface area contributed by atoms with Crippen molar-refractivity contribution in [3.63, 3.8) is 0 Å². The Kier molecular flexibility index (Phi) is 6.37. The van der Waals surface area contributed by atoms with Crippen LogP contribution >= 0.6 is 0 Å². The summed E-state index contributed by atoms with van der Waals surface area (Å²) >= 11 is 0. The number of carboxylic acid groups (broad SMARTS) is 1. The Morgan fingerprint density at radius 1 is 1.00 bits per heavy atom. The number of amides is 1. The van der Waals surface area contributed by atoms with Gasteiger partial charge in [0, 0.05) is 12.1 Å². The number of nitrogens with zero attached hydrogens (tertiary/aromatic N) is 1. The molecule has 2 rings (SSSR count). The molecule has 0 fully saturated rings. The summed E-state index contributed by atoms with van der Waals surface area (Å²) in [6.07, 6.45) is 0.480. The van der Waals surface area contributed by atoms with Crippen LogP contribution in [0.3, 0.4) is 0 Å². The highest BCUT2D eigenvalue weighted by molar-refractivity contribution is 5.94. The van der Waals surface area contributed by atoms with Crippen LogP contribution in [0, 0.1) is 0 Å². The first kappa shape index (κ1) is 19.0. The molecule has 1 amide bonds. The zero-order valence-electron chi connectivity index (χ0n) is 14.7. The number of carbonyl (C=O) groups is 2. The fraction of sp³-hybridized carbons (Fsp3) is 0.278. The van der Waals surface area contributed by atoms with Crippen LogP contribution < -0.4 is 19.5 Å². The van der Waals surface area contributed by atoms with Crippen molar-refractivity contribution in [1.82, 2.24) is 10.3 Å². The number of aromatic nitrogens is 1. The first-order valence-electron chi connectivity index (χ1n) is 7.78. The minimum Gasteiger partial charge on any atom is -0.493 e. The third-order valence-corrected chi connectivity index (χ3v) is 3.67. The van der Waals surface area contributed by atoms with E-state index in [1.54, 1.807) is 6.07 Å². The van der Waals surface area contributed by atoms with Gasteiger partial charge in [-0.2, -0.15) is 0 Å². The minimum absolute atomic E-state index is 0.0455. The molecular weight excluding hydrogens is 340 g/mol. The van der Waals surface area contributed by atoms with E-state index in [4.69, 9.17) is 19.3 Å². The molecule has 2 N–H and O–H groups in total. The van der Waals surface area contributed by atoms with Gasteiger partial charge in [-0.25, -0.2) is 9.78 Å². The Hall–Kier alpha value is -3.29. The maximum atomic E-state index is 12.1. The predicted octanol–water partition coefficient (Wildman–Crippen LogP) is 1.78. The summed E-state index contributed by atoms with van der Waals surface area (Å²) in [5, 5.41) is 11.6. The van der Waals surface area contributed by atoms with Crippen LogP contribution in [0.25, 0.3) is 0 Å². The summed E-state index contributed by atoms with van der Waals surface area (Å²) in [6.45, 7) is 0.309. The fourth-order valence-electron chi connectivity index (χ4n) is 2.44. The van der Waals surface area contributed by atoms with Crippen molar-refractivity contribution < 1.29 is 28.9 Å². The molecule has 1 heterocycles. The first-order valence-corrected chi connectivity index (χ1v) is 7.78. The van der Waals surface area contributed by atoms with E-state index in [0.29, 0.717) is 30.2 Å². The van der Waals surface area contributed by atoms with Gasteiger partial charge in [0.15, 0.2) is 11.5 Å². The number of carboxylic acids is 1. The molecular formula is C18H20N2O6. The molecule has 2 aromatic rings. The molecule has 0 aliphatic heterocycles. The van der Waals surface area contributed by atoms with Gasteiger partial charge < -0.3 is 24.6 Å². The monoisotopic (exact) mass is 360 g/mol. The number of pyridine rings is 1. The van der Waals surface area contributed by atoms with Gasteiger partial charge in [-0.1, -0.05) is 12.1 Å². The van der Waals surface area contributed by atoms with Gasteiger partial charge in [-0.15, -0.1) is 0 Å². The van der Waals surface area contributed by atoms with Crippen molar-refractivity contribution in [2.75, 3.05) is 27.9 Å². The summed E-state index contributed by atoms with van der Waals surface area (Å²) < 4.78 is 16.0. The minimum atomic E-state index is -1.19. The maximum Gasteiger partial charge on any atom is 0.354 e. The number of hydrogen-bond acceptors (Lipinski definition) is 6. The van der Waals surface area contributed by atoms with Gasteiger partial charge in [0.2, 0.25) is 5.75 Å². The molecule has 0 aliphatic carbocycles. The van der Waals surface area contributed by atoms with E-state index >= 15 is 0 Å². The molecule has 0 radical (unpaired) electrons. The van der Waals surface area contributed by atoms with Crippen molar-refractivity contribution in [3.8, 4) is 17.2 Å². The molecule has 0 atom stereocenters. The molecule has 0 spiro atoms. The van der Waals surface area contributed by atoms with Crippen molar-refractivity contribution in [2.45, 2.75) is 6.42 Å². The van der Waals surface area contributed by atoms with Crippen molar-refractivity contribution in [3.05, 3.63) is 47.3 Å². The highest BCUT2D eigenvalue weighted by Crippen LogP contribution is 2.39. The summed E-state index contributed by atoms with van der Waals surface area (Å²) in [7, 11) is 4.59. The van der Waals surface area contributed by atoms with Crippen LogP contribution in [0.5, 0.6) is 17.2 Å². The quantitative estimate of drug-likeness (QED) is 0.739. The van der Waals surface area contributed by atoms with E-state index in [-0.39, 0.29) is 11.4 Å². The lowest BCUT2D eigenvalue weighted by Crippen LogP contribution is -2.27. The van der Waals surface area contributed by atoms with E-state index < -0.39 is 11.9 Å². The number of hydrogen-bond donors (Lipinski definition) is 2. The molecule has 0 saturated carbocycles. The number of nitrogens with one attached hydrogen (secondary N) is 1. The van der Waals surface area contributed by atoms with E-state index in [0.717, 1.165) is 5.56 Å². The zero-order valence-corrected chi connectivity index (χ0v) is 14.7. The molecule has 1 aromatic heterocycles. The van der Waals surface area contributed by atoms with Crippen molar-refractivity contribution >= 4 is 11.9 Å². The SMILES string of the molecule is COc1ccc(CCNC(=O)c2cccc(C(=O)O)n2)c(OC)c1OC. The summed E-state index contributed by atoms with van der Waals surface area (Å²) in [5.74, 6) is -0.0733. The second-order valence-electron chi connectivity index (χ2n) is 5.21. The van der Waals surface area contributed by atoms with Crippen LogP contribution in [0.15, 0.2) is 30.3 Å². The van der Waals surface area contributed by atoms with Crippen LogP contribution in [0.4, 0.5) is 0 Å². The largest absolute Gasteiger partial charge is 0.493 e. The van der Waals surface area contributed by atoms with E-state index in [9.17, 15) is 9.59 Å². The molecule has 1 aromatic carbocycles. The molecule has 0 unspecified atom stereocenters.